The van der Waals surface area contributed by atoms with Crippen molar-refractivity contribution in [1.82, 2.24) is 4.90 Å². The predicted molar refractivity (Wildman–Crippen MR) is 77.3 cm³/mol. The van der Waals surface area contributed by atoms with E-state index in [1.165, 1.54) is 0 Å². The summed E-state index contributed by atoms with van der Waals surface area (Å²) in [4.78, 5) is 14.0. The third-order valence-corrected chi connectivity index (χ3v) is 3.75. The van der Waals surface area contributed by atoms with Gasteiger partial charge in [-0.15, -0.1) is 0 Å². The van der Waals surface area contributed by atoms with Crippen molar-refractivity contribution in [3.63, 3.8) is 0 Å². The van der Waals surface area contributed by atoms with Gasteiger partial charge in [0, 0.05) is 39.4 Å². The molecular formula is C15H22N2O3. The molecule has 0 spiro atoms. The highest BCUT2D eigenvalue weighted by molar-refractivity contribution is 5.77. The van der Waals surface area contributed by atoms with E-state index >= 15 is 0 Å². The fraction of sp³-hybridized carbons (Fsp3) is 0.533. The van der Waals surface area contributed by atoms with E-state index < -0.39 is 0 Å². The van der Waals surface area contributed by atoms with Gasteiger partial charge in [0.05, 0.1) is 0 Å². The van der Waals surface area contributed by atoms with Gasteiger partial charge in [-0.2, -0.15) is 0 Å². The second-order valence-corrected chi connectivity index (χ2v) is 5.09. The van der Waals surface area contributed by atoms with Gasteiger partial charge < -0.3 is 20.1 Å². The van der Waals surface area contributed by atoms with Gasteiger partial charge in [-0.3, -0.25) is 4.79 Å². The molecule has 2 unspecified atom stereocenters. The highest BCUT2D eigenvalue weighted by Gasteiger charge is 2.35. The first-order chi connectivity index (χ1) is 9.63. The smallest absolute Gasteiger partial charge is 0.223 e. The summed E-state index contributed by atoms with van der Waals surface area (Å²) in [5.41, 5.74) is 7.55. The number of anilines is 1. The van der Waals surface area contributed by atoms with Gasteiger partial charge in [-0.05, 0) is 24.1 Å². The number of hydrogen-bond acceptors (Lipinski definition) is 4. The summed E-state index contributed by atoms with van der Waals surface area (Å²) in [7, 11) is 3.30. The summed E-state index contributed by atoms with van der Waals surface area (Å²) in [6.45, 7) is 1.20. The average molecular weight is 278 g/mol. The second kappa shape index (κ2) is 6.72. The minimum Gasteiger partial charge on any atom is -0.399 e. The molecule has 1 fully saturated rings. The molecule has 2 atom stereocenters. The Bertz CT molecular complexity index is 452. The lowest BCUT2D eigenvalue weighted by Crippen LogP contribution is -2.30. The van der Waals surface area contributed by atoms with E-state index in [1.807, 2.05) is 29.2 Å². The number of nitrogens with two attached hydrogens (primary N) is 1. The summed E-state index contributed by atoms with van der Waals surface area (Å²) in [5.74, 6) is 0.133. The Morgan fingerprint density at radius 2 is 1.95 bits per heavy atom. The highest BCUT2D eigenvalue weighted by atomic mass is 16.5. The van der Waals surface area contributed by atoms with Gasteiger partial charge in [0.1, 0.15) is 12.2 Å². The monoisotopic (exact) mass is 278 g/mol. The zero-order valence-corrected chi connectivity index (χ0v) is 12.0. The van der Waals surface area contributed by atoms with Crippen LogP contribution in [0.4, 0.5) is 5.69 Å². The van der Waals surface area contributed by atoms with Gasteiger partial charge in [-0.1, -0.05) is 12.1 Å². The third kappa shape index (κ3) is 3.49. The minimum atomic E-state index is -0.0312. The molecule has 1 aliphatic heterocycles. The number of carbonyl (C=O) groups is 1. The third-order valence-electron chi connectivity index (χ3n) is 3.75. The highest BCUT2D eigenvalue weighted by Crippen LogP contribution is 2.17. The Kier molecular flexibility index (Phi) is 4.98. The second-order valence-electron chi connectivity index (χ2n) is 5.09. The first-order valence-electron chi connectivity index (χ1n) is 6.82. The van der Waals surface area contributed by atoms with Gasteiger partial charge >= 0.3 is 0 Å². The molecule has 2 N–H and O–H groups in total. The summed E-state index contributed by atoms with van der Waals surface area (Å²) >= 11 is 0. The molecule has 1 aliphatic rings. The molecule has 0 saturated carbocycles. The van der Waals surface area contributed by atoms with Crippen LogP contribution in [0.25, 0.3) is 0 Å². The van der Waals surface area contributed by atoms with Crippen LogP contribution in [0.2, 0.25) is 0 Å². The molecule has 0 bridgehead atoms. The molecule has 5 heteroatoms. The maximum absolute atomic E-state index is 12.2. The number of amides is 1. The van der Waals surface area contributed by atoms with Gasteiger partial charge in [-0.25, -0.2) is 0 Å². The van der Waals surface area contributed by atoms with E-state index in [0.717, 1.165) is 11.3 Å². The maximum Gasteiger partial charge on any atom is 0.223 e. The predicted octanol–water partition coefficient (Wildman–Crippen LogP) is 1.07. The first kappa shape index (κ1) is 14.8. The van der Waals surface area contributed by atoms with Crippen molar-refractivity contribution in [3.05, 3.63) is 29.8 Å². The Morgan fingerprint density at radius 3 is 2.50 bits per heavy atom. The number of nitrogen functional groups attached to an aromatic ring is 1. The number of ether oxygens (including phenoxy) is 2. The number of likely N-dealkylation sites (tertiary alicyclic amines) is 1. The minimum absolute atomic E-state index is 0.0312. The van der Waals surface area contributed by atoms with Crippen LogP contribution in [0.15, 0.2) is 24.3 Å². The average Bonchev–Trinajstić information content (AvgIpc) is 2.88. The molecule has 0 aliphatic carbocycles. The summed E-state index contributed by atoms with van der Waals surface area (Å²) < 4.78 is 10.7. The van der Waals surface area contributed by atoms with E-state index in [4.69, 9.17) is 15.2 Å². The van der Waals surface area contributed by atoms with Crippen molar-refractivity contribution < 1.29 is 14.3 Å². The standard InChI is InChI=1S/C15H22N2O3/c1-19-13-9-17(10-14(13)20-2)15(18)7-6-11-4-3-5-12(16)8-11/h3-5,8,13-14H,6-7,9-10,16H2,1-2H3. The fourth-order valence-electron chi connectivity index (χ4n) is 2.56. The lowest BCUT2D eigenvalue weighted by Gasteiger charge is -2.15. The van der Waals surface area contributed by atoms with E-state index in [1.54, 1.807) is 14.2 Å². The van der Waals surface area contributed by atoms with Crippen LogP contribution in [0.5, 0.6) is 0 Å². The van der Waals surface area contributed by atoms with Gasteiger partial charge in [0.25, 0.3) is 0 Å². The number of benzene rings is 1. The Labute approximate surface area is 119 Å². The normalized spacial score (nSPS) is 22.2. The van der Waals surface area contributed by atoms with E-state index in [0.29, 0.717) is 25.9 Å². The van der Waals surface area contributed by atoms with Crippen LogP contribution in [-0.2, 0) is 20.7 Å². The topological polar surface area (TPSA) is 64.8 Å². The quantitative estimate of drug-likeness (QED) is 0.818. The number of nitrogens with zero attached hydrogens (tertiary/aromatic N) is 1. The Morgan fingerprint density at radius 1 is 1.30 bits per heavy atom. The van der Waals surface area contributed by atoms with Gasteiger partial charge in [0.2, 0.25) is 5.91 Å². The summed E-state index contributed by atoms with van der Waals surface area (Å²) in [6.07, 6.45) is 1.12. The molecular weight excluding hydrogens is 256 g/mol. The van der Waals surface area contributed by atoms with Crippen LogP contribution in [0, 0.1) is 0 Å². The summed E-state index contributed by atoms with van der Waals surface area (Å²) in [5, 5.41) is 0. The molecule has 2 rings (SSSR count). The van der Waals surface area contributed by atoms with Crippen molar-refractivity contribution in [3.8, 4) is 0 Å². The number of carbonyl (C=O) groups excluding carboxylic acids is 1. The summed E-state index contributed by atoms with van der Waals surface area (Å²) in [6, 6.07) is 7.65. The Balaban J connectivity index is 1.86. The number of rotatable bonds is 5. The van der Waals surface area contributed by atoms with Crippen molar-refractivity contribution in [1.29, 1.82) is 0 Å². The molecule has 1 aromatic rings. The molecule has 110 valence electrons. The molecule has 1 heterocycles. The van der Waals surface area contributed by atoms with Crippen molar-refractivity contribution >= 4 is 11.6 Å². The molecule has 0 aromatic heterocycles. The van der Waals surface area contributed by atoms with Crippen LogP contribution in [0.3, 0.4) is 0 Å². The molecule has 20 heavy (non-hydrogen) atoms. The lowest BCUT2D eigenvalue weighted by molar-refractivity contribution is -0.130. The number of aryl methyl sites for hydroxylation is 1. The van der Waals surface area contributed by atoms with Crippen molar-refractivity contribution in [2.45, 2.75) is 25.0 Å². The fourth-order valence-corrected chi connectivity index (χ4v) is 2.56. The first-order valence-corrected chi connectivity index (χ1v) is 6.82. The van der Waals surface area contributed by atoms with Crippen molar-refractivity contribution in [2.75, 3.05) is 33.0 Å². The maximum atomic E-state index is 12.2. The molecule has 1 saturated heterocycles. The van der Waals surface area contributed by atoms with Crippen molar-refractivity contribution in [2.24, 2.45) is 0 Å². The Hall–Kier alpha value is -1.59. The van der Waals surface area contributed by atoms with Crippen LogP contribution < -0.4 is 5.73 Å². The lowest BCUT2D eigenvalue weighted by atomic mass is 10.1. The number of methoxy groups -OCH3 is 2. The van der Waals surface area contributed by atoms with Crippen LogP contribution in [0.1, 0.15) is 12.0 Å². The van der Waals surface area contributed by atoms with E-state index in [2.05, 4.69) is 0 Å². The van der Waals surface area contributed by atoms with Gasteiger partial charge in [0.15, 0.2) is 0 Å². The molecule has 1 aromatic carbocycles. The molecule has 0 radical (unpaired) electrons. The largest absolute Gasteiger partial charge is 0.399 e. The zero-order valence-electron chi connectivity index (χ0n) is 12.0. The molecule has 5 nitrogen and oxygen atoms in total. The van der Waals surface area contributed by atoms with Crippen LogP contribution >= 0.6 is 0 Å². The number of hydrogen-bond donors (Lipinski definition) is 1. The van der Waals surface area contributed by atoms with E-state index in [9.17, 15) is 4.79 Å². The molecule has 1 amide bonds. The van der Waals surface area contributed by atoms with Crippen LogP contribution in [-0.4, -0.2) is 50.3 Å². The SMILES string of the molecule is COC1CN(C(=O)CCc2cccc(N)c2)CC1OC. The van der Waals surface area contributed by atoms with E-state index in [-0.39, 0.29) is 18.1 Å². The zero-order chi connectivity index (χ0) is 14.5.